The Hall–Kier alpha value is -2.16. The molecule has 2 rings (SSSR count). The molecule has 144 valence electrons. The summed E-state index contributed by atoms with van der Waals surface area (Å²) in [5.74, 6) is -1.40. The highest BCUT2D eigenvalue weighted by molar-refractivity contribution is 7.91. The van der Waals surface area contributed by atoms with E-state index in [-0.39, 0.29) is 23.5 Å². The minimum Gasteiger partial charge on any atom is -0.444 e. The van der Waals surface area contributed by atoms with Gasteiger partial charge in [0.2, 0.25) is 0 Å². The second-order valence-electron chi connectivity index (χ2n) is 7.33. The van der Waals surface area contributed by atoms with Crippen LogP contribution in [0.3, 0.4) is 0 Å². The molecule has 2 atom stereocenters. The molecule has 2 amide bonds. The lowest BCUT2D eigenvalue weighted by molar-refractivity contribution is 0.0504. The van der Waals surface area contributed by atoms with Crippen LogP contribution in [-0.4, -0.2) is 49.6 Å². The number of rotatable bonds is 3. The summed E-state index contributed by atoms with van der Waals surface area (Å²) in [6.45, 7) is 5.11. The lowest BCUT2D eigenvalue weighted by Gasteiger charge is -2.31. The van der Waals surface area contributed by atoms with Crippen molar-refractivity contribution in [3.63, 3.8) is 0 Å². The van der Waals surface area contributed by atoms with Gasteiger partial charge < -0.3 is 15.4 Å². The van der Waals surface area contributed by atoms with Crippen LogP contribution in [-0.2, 0) is 14.6 Å². The molecule has 1 aromatic carbocycles. The van der Waals surface area contributed by atoms with Gasteiger partial charge >= 0.3 is 6.09 Å². The Morgan fingerprint density at radius 1 is 1.08 bits per heavy atom. The van der Waals surface area contributed by atoms with Crippen LogP contribution >= 0.6 is 0 Å². The first-order chi connectivity index (χ1) is 11.9. The molecule has 0 aromatic heterocycles. The van der Waals surface area contributed by atoms with Crippen LogP contribution in [0.25, 0.3) is 0 Å². The number of ether oxygens (including phenoxy) is 1. The summed E-state index contributed by atoms with van der Waals surface area (Å²) in [5, 5.41) is 5.17. The predicted molar refractivity (Wildman–Crippen MR) is 94.1 cm³/mol. The summed E-state index contributed by atoms with van der Waals surface area (Å²) in [6.07, 6.45) is -0.450. The highest BCUT2D eigenvalue weighted by Crippen LogP contribution is 2.15. The van der Waals surface area contributed by atoms with E-state index in [1.54, 1.807) is 20.8 Å². The monoisotopic (exact) mass is 386 g/mol. The lowest BCUT2D eigenvalue weighted by Crippen LogP contribution is -2.53. The van der Waals surface area contributed by atoms with E-state index in [4.69, 9.17) is 4.74 Å². The van der Waals surface area contributed by atoms with E-state index in [1.165, 1.54) is 12.1 Å². The van der Waals surface area contributed by atoms with Gasteiger partial charge in [-0.25, -0.2) is 17.6 Å². The average molecular weight is 386 g/mol. The maximum atomic E-state index is 12.9. The third-order valence-corrected chi connectivity index (χ3v) is 5.46. The Morgan fingerprint density at radius 2 is 1.62 bits per heavy atom. The molecule has 0 unspecified atom stereocenters. The van der Waals surface area contributed by atoms with Crippen molar-refractivity contribution in [2.45, 2.75) is 44.9 Å². The predicted octanol–water partition coefficient (Wildman–Crippen LogP) is 1.64. The van der Waals surface area contributed by atoms with Gasteiger partial charge in [0.15, 0.2) is 9.84 Å². The molecule has 0 radical (unpaired) electrons. The summed E-state index contributed by atoms with van der Waals surface area (Å²) in [7, 11) is -3.45. The van der Waals surface area contributed by atoms with Gasteiger partial charge in [0, 0.05) is 17.6 Å². The van der Waals surface area contributed by atoms with Crippen molar-refractivity contribution in [2.24, 2.45) is 0 Å². The molecule has 2 N–H and O–H groups in total. The van der Waals surface area contributed by atoms with Crippen LogP contribution in [0.5, 0.6) is 0 Å². The van der Waals surface area contributed by atoms with Gasteiger partial charge in [-0.15, -0.1) is 0 Å². The quantitative estimate of drug-likeness (QED) is 0.822. The van der Waals surface area contributed by atoms with Crippen molar-refractivity contribution in [2.75, 3.05) is 11.5 Å². The smallest absolute Gasteiger partial charge is 0.407 e. The fourth-order valence-corrected chi connectivity index (χ4v) is 4.51. The van der Waals surface area contributed by atoms with E-state index in [1.807, 2.05) is 0 Å². The molecule has 1 aliphatic heterocycles. The third kappa shape index (κ3) is 6.29. The molecule has 9 heteroatoms. The third-order valence-electron chi connectivity index (χ3n) is 3.64. The molecule has 7 nitrogen and oxygen atoms in total. The Balaban J connectivity index is 2.01. The summed E-state index contributed by atoms with van der Waals surface area (Å²) in [4.78, 5) is 24.1. The first kappa shape index (κ1) is 20.2. The molecule has 1 fully saturated rings. The Morgan fingerprint density at radius 3 is 2.15 bits per heavy atom. The van der Waals surface area contributed by atoms with Crippen LogP contribution in [0.4, 0.5) is 9.18 Å². The molecule has 1 aliphatic rings. The number of halogens is 1. The molecular weight excluding hydrogens is 363 g/mol. The molecule has 1 saturated heterocycles. The minimum atomic E-state index is -3.45. The second kappa shape index (κ2) is 7.61. The van der Waals surface area contributed by atoms with Crippen LogP contribution in [0, 0.1) is 5.82 Å². The highest BCUT2D eigenvalue weighted by atomic mass is 32.2. The largest absolute Gasteiger partial charge is 0.444 e. The van der Waals surface area contributed by atoms with Gasteiger partial charge in [-0.1, -0.05) is 0 Å². The number of amides is 2. The number of carbonyl (C=O) groups is 2. The second-order valence-corrected chi connectivity index (χ2v) is 9.49. The van der Waals surface area contributed by atoms with E-state index in [2.05, 4.69) is 10.6 Å². The van der Waals surface area contributed by atoms with Gasteiger partial charge in [0.05, 0.1) is 11.5 Å². The van der Waals surface area contributed by atoms with Crippen LogP contribution in [0.1, 0.15) is 37.6 Å². The standard InChI is InChI=1S/C17H23FN2O5S/c1-17(2,3)25-16(22)20-14-8-13(9-26(23,24)10-14)19-15(21)11-4-6-12(18)7-5-11/h4-7,13-14H,8-10H2,1-3H3,(H,19,21)(H,20,22)/t13-,14+/m0/s1. The van der Waals surface area contributed by atoms with Gasteiger partial charge in [-0.2, -0.15) is 0 Å². The fraction of sp³-hybridized carbons (Fsp3) is 0.529. The summed E-state index contributed by atoms with van der Waals surface area (Å²) in [5.41, 5.74) is -0.473. The van der Waals surface area contributed by atoms with E-state index < -0.39 is 45.3 Å². The van der Waals surface area contributed by atoms with Gasteiger partial charge in [-0.3, -0.25) is 4.79 Å². The van der Waals surface area contributed by atoms with Gasteiger partial charge in [0.1, 0.15) is 11.4 Å². The number of alkyl carbamates (subject to hydrolysis) is 1. The van der Waals surface area contributed by atoms with Gasteiger partial charge in [-0.05, 0) is 51.5 Å². The Bertz CT molecular complexity index is 771. The van der Waals surface area contributed by atoms with E-state index in [0.29, 0.717) is 0 Å². The summed E-state index contributed by atoms with van der Waals surface area (Å²) in [6, 6.07) is 3.61. The molecule has 1 aromatic rings. The zero-order valence-corrected chi connectivity index (χ0v) is 15.7. The van der Waals surface area contributed by atoms with Crippen LogP contribution in [0.15, 0.2) is 24.3 Å². The molecule has 1 heterocycles. The fourth-order valence-electron chi connectivity index (χ4n) is 2.71. The zero-order chi connectivity index (χ0) is 19.5. The van der Waals surface area contributed by atoms with Crippen LogP contribution < -0.4 is 10.6 Å². The summed E-state index contributed by atoms with van der Waals surface area (Å²) >= 11 is 0. The number of benzene rings is 1. The maximum absolute atomic E-state index is 12.9. The number of hydrogen-bond donors (Lipinski definition) is 2. The normalized spacial score (nSPS) is 22.3. The van der Waals surface area contributed by atoms with Crippen molar-refractivity contribution in [3.8, 4) is 0 Å². The SMILES string of the molecule is CC(C)(C)OC(=O)N[C@@H]1C[C@H](NC(=O)c2ccc(F)cc2)CS(=O)(=O)C1. The summed E-state index contributed by atoms with van der Waals surface area (Å²) < 4.78 is 42.3. The van der Waals surface area contributed by atoms with Crippen molar-refractivity contribution in [3.05, 3.63) is 35.6 Å². The van der Waals surface area contributed by atoms with Crippen molar-refractivity contribution in [1.82, 2.24) is 10.6 Å². The minimum absolute atomic E-state index is 0.213. The Kier molecular flexibility index (Phi) is 5.90. The molecule has 0 spiro atoms. The number of nitrogens with one attached hydrogen (secondary N) is 2. The van der Waals surface area contributed by atoms with Crippen molar-refractivity contribution >= 4 is 21.8 Å². The topological polar surface area (TPSA) is 102 Å². The van der Waals surface area contributed by atoms with Crippen molar-refractivity contribution < 1.29 is 27.1 Å². The van der Waals surface area contributed by atoms with Gasteiger partial charge in [0.25, 0.3) is 5.91 Å². The number of sulfone groups is 1. The van der Waals surface area contributed by atoms with Crippen LogP contribution in [0.2, 0.25) is 0 Å². The molecule has 0 saturated carbocycles. The number of hydrogen-bond acceptors (Lipinski definition) is 5. The van der Waals surface area contributed by atoms with E-state index >= 15 is 0 Å². The molecule has 0 aliphatic carbocycles. The highest BCUT2D eigenvalue weighted by Gasteiger charge is 2.34. The van der Waals surface area contributed by atoms with Crippen molar-refractivity contribution in [1.29, 1.82) is 0 Å². The average Bonchev–Trinajstić information content (AvgIpc) is 2.43. The lowest BCUT2D eigenvalue weighted by atomic mass is 10.1. The molecular formula is C17H23FN2O5S. The Labute approximate surface area is 152 Å². The van der Waals surface area contributed by atoms with E-state index in [0.717, 1.165) is 12.1 Å². The van der Waals surface area contributed by atoms with E-state index in [9.17, 15) is 22.4 Å². The molecule has 0 bridgehead atoms. The molecule has 26 heavy (non-hydrogen) atoms. The first-order valence-corrected chi connectivity index (χ1v) is 10.0. The zero-order valence-electron chi connectivity index (χ0n) is 14.9. The number of carbonyl (C=O) groups excluding carboxylic acids is 2. The first-order valence-electron chi connectivity index (χ1n) is 8.20. The maximum Gasteiger partial charge on any atom is 0.407 e.